The summed E-state index contributed by atoms with van der Waals surface area (Å²) in [6, 6.07) is 14.3. The van der Waals surface area contributed by atoms with Gasteiger partial charge < -0.3 is 4.74 Å². The Balaban J connectivity index is 1.56. The molecule has 1 aliphatic rings. The zero-order valence-corrected chi connectivity index (χ0v) is 16.4. The molecule has 3 rings (SSSR count). The Morgan fingerprint density at radius 3 is 2.15 bits per heavy atom. The number of hydrogen-bond donors (Lipinski definition) is 0. The van der Waals surface area contributed by atoms with Crippen molar-refractivity contribution in [2.24, 2.45) is 0 Å². The first-order chi connectivity index (χ1) is 12.9. The van der Waals surface area contributed by atoms with E-state index < -0.39 is 10.0 Å². The Bertz CT molecular complexity index is 867. The van der Waals surface area contributed by atoms with Gasteiger partial charge in [0.25, 0.3) is 0 Å². The number of hydrogen-bond acceptors (Lipinski definition) is 4. The highest BCUT2D eigenvalue weighted by Crippen LogP contribution is 2.21. The average molecular weight is 388 g/mol. The monoisotopic (exact) mass is 387 g/mol. The van der Waals surface area contributed by atoms with Gasteiger partial charge in [-0.15, -0.1) is 0 Å². The van der Waals surface area contributed by atoms with Gasteiger partial charge in [0.15, 0.2) is 0 Å². The van der Waals surface area contributed by atoms with E-state index in [-0.39, 0.29) is 23.9 Å². The molecule has 0 bridgehead atoms. The van der Waals surface area contributed by atoms with Gasteiger partial charge in [0.05, 0.1) is 11.3 Å². The second-order valence-electron chi connectivity index (χ2n) is 6.93. The number of carbonyl (C=O) groups excluding carboxylic acids is 1. The molecular formula is C21H25NO4S. The Kier molecular flexibility index (Phi) is 6.29. The van der Waals surface area contributed by atoms with Crippen LogP contribution in [0.25, 0.3) is 0 Å². The Morgan fingerprint density at radius 1 is 0.926 bits per heavy atom. The third-order valence-corrected chi connectivity index (χ3v) is 6.66. The summed E-state index contributed by atoms with van der Waals surface area (Å²) in [5, 5.41) is 0. The van der Waals surface area contributed by atoms with Crippen LogP contribution >= 0.6 is 0 Å². The summed E-state index contributed by atoms with van der Waals surface area (Å²) in [5.74, 6) is -0.331. The highest BCUT2D eigenvalue weighted by molar-refractivity contribution is 7.89. The second kappa shape index (κ2) is 8.67. The predicted molar refractivity (Wildman–Crippen MR) is 104 cm³/mol. The molecule has 0 aromatic heterocycles. The van der Waals surface area contributed by atoms with Gasteiger partial charge in [0.1, 0.15) is 6.61 Å². The Labute approximate surface area is 161 Å². The van der Waals surface area contributed by atoms with E-state index in [2.05, 4.69) is 0 Å². The molecule has 0 spiro atoms. The fourth-order valence-corrected chi connectivity index (χ4v) is 4.62. The van der Waals surface area contributed by atoms with E-state index in [1.165, 1.54) is 0 Å². The van der Waals surface area contributed by atoms with Crippen molar-refractivity contribution in [3.8, 4) is 0 Å². The SMILES string of the molecule is Cc1ccc(COC(=O)Cc2ccc(S(=O)(=O)N3CCCCC3)cc2)cc1. The molecule has 2 aromatic carbocycles. The molecule has 0 N–H and O–H groups in total. The summed E-state index contributed by atoms with van der Waals surface area (Å²) < 4.78 is 32.1. The van der Waals surface area contributed by atoms with E-state index in [0.717, 1.165) is 36.0 Å². The maximum absolute atomic E-state index is 12.6. The van der Waals surface area contributed by atoms with Gasteiger partial charge in [-0.2, -0.15) is 4.31 Å². The first-order valence-electron chi connectivity index (χ1n) is 9.25. The quantitative estimate of drug-likeness (QED) is 0.712. The van der Waals surface area contributed by atoms with Crippen LogP contribution in [0.4, 0.5) is 0 Å². The molecule has 0 aliphatic carbocycles. The molecule has 144 valence electrons. The smallest absolute Gasteiger partial charge is 0.310 e. The largest absolute Gasteiger partial charge is 0.461 e. The molecular weight excluding hydrogens is 362 g/mol. The summed E-state index contributed by atoms with van der Waals surface area (Å²) >= 11 is 0. The van der Waals surface area contributed by atoms with E-state index >= 15 is 0 Å². The fourth-order valence-electron chi connectivity index (χ4n) is 3.10. The number of ether oxygens (including phenoxy) is 1. The lowest BCUT2D eigenvalue weighted by molar-refractivity contribution is -0.144. The van der Waals surface area contributed by atoms with Crippen LogP contribution in [0.2, 0.25) is 0 Å². The van der Waals surface area contributed by atoms with Gasteiger partial charge in [-0.25, -0.2) is 8.42 Å². The van der Waals surface area contributed by atoms with Crippen molar-refractivity contribution < 1.29 is 17.9 Å². The van der Waals surface area contributed by atoms with Crippen LogP contribution in [-0.2, 0) is 32.6 Å². The van der Waals surface area contributed by atoms with Crippen LogP contribution in [0.15, 0.2) is 53.4 Å². The van der Waals surface area contributed by atoms with Crippen LogP contribution < -0.4 is 0 Å². The summed E-state index contributed by atoms with van der Waals surface area (Å²) in [7, 11) is -3.44. The van der Waals surface area contributed by atoms with E-state index in [0.29, 0.717) is 13.1 Å². The van der Waals surface area contributed by atoms with Crippen LogP contribution in [0.5, 0.6) is 0 Å². The molecule has 1 fully saturated rings. The molecule has 1 heterocycles. The van der Waals surface area contributed by atoms with E-state index in [4.69, 9.17) is 4.74 Å². The number of rotatable bonds is 6. The summed E-state index contributed by atoms with van der Waals surface area (Å²) in [6.07, 6.45) is 3.01. The number of aryl methyl sites for hydroxylation is 1. The highest BCUT2D eigenvalue weighted by Gasteiger charge is 2.25. The molecule has 1 saturated heterocycles. The number of esters is 1. The molecule has 2 aromatic rings. The first kappa shape index (κ1) is 19.6. The molecule has 5 nitrogen and oxygen atoms in total. The van der Waals surface area contributed by atoms with Gasteiger partial charge in [-0.3, -0.25) is 4.79 Å². The number of sulfonamides is 1. The molecule has 6 heteroatoms. The van der Waals surface area contributed by atoms with Crippen LogP contribution in [0, 0.1) is 6.92 Å². The van der Waals surface area contributed by atoms with Crippen molar-refractivity contribution in [3.05, 3.63) is 65.2 Å². The number of nitrogens with zero attached hydrogens (tertiary/aromatic N) is 1. The van der Waals surface area contributed by atoms with Crippen LogP contribution in [-0.4, -0.2) is 31.8 Å². The normalized spacial score (nSPS) is 15.4. The maximum atomic E-state index is 12.6. The Hall–Kier alpha value is -2.18. The van der Waals surface area contributed by atoms with Crippen molar-refractivity contribution in [1.29, 1.82) is 0 Å². The predicted octanol–water partition coefficient (Wildman–Crippen LogP) is 3.46. The van der Waals surface area contributed by atoms with Crippen LogP contribution in [0.1, 0.15) is 36.0 Å². The molecule has 0 amide bonds. The minimum atomic E-state index is -3.44. The van der Waals surface area contributed by atoms with Gasteiger partial charge in [-0.05, 0) is 43.0 Å². The van der Waals surface area contributed by atoms with Crippen molar-refractivity contribution in [2.75, 3.05) is 13.1 Å². The summed E-state index contributed by atoms with van der Waals surface area (Å²) in [5.41, 5.74) is 2.84. The zero-order chi connectivity index (χ0) is 19.3. The maximum Gasteiger partial charge on any atom is 0.310 e. The molecule has 0 saturated carbocycles. The number of piperidine rings is 1. The average Bonchev–Trinajstić information content (AvgIpc) is 2.69. The van der Waals surface area contributed by atoms with Gasteiger partial charge in [-0.1, -0.05) is 48.4 Å². The zero-order valence-electron chi connectivity index (χ0n) is 15.6. The molecule has 0 atom stereocenters. The molecule has 1 aliphatic heterocycles. The van der Waals surface area contributed by atoms with Gasteiger partial charge in [0.2, 0.25) is 10.0 Å². The van der Waals surface area contributed by atoms with E-state index in [1.54, 1.807) is 28.6 Å². The molecule has 0 radical (unpaired) electrons. The minimum Gasteiger partial charge on any atom is -0.461 e. The van der Waals surface area contributed by atoms with Crippen molar-refractivity contribution in [1.82, 2.24) is 4.31 Å². The van der Waals surface area contributed by atoms with Crippen LogP contribution in [0.3, 0.4) is 0 Å². The lowest BCUT2D eigenvalue weighted by atomic mass is 10.1. The lowest BCUT2D eigenvalue weighted by Gasteiger charge is -2.25. The second-order valence-corrected chi connectivity index (χ2v) is 8.87. The van der Waals surface area contributed by atoms with Crippen molar-refractivity contribution in [2.45, 2.75) is 44.1 Å². The first-order valence-corrected chi connectivity index (χ1v) is 10.7. The van der Waals surface area contributed by atoms with E-state index in [9.17, 15) is 13.2 Å². The topological polar surface area (TPSA) is 63.7 Å². The standard InChI is InChI=1S/C21H25NO4S/c1-17-5-7-19(8-6-17)16-26-21(23)15-18-9-11-20(12-10-18)27(24,25)22-13-3-2-4-14-22/h5-12H,2-4,13-16H2,1H3. The molecule has 27 heavy (non-hydrogen) atoms. The fraction of sp³-hybridized carbons (Fsp3) is 0.381. The van der Waals surface area contributed by atoms with Gasteiger partial charge in [0, 0.05) is 13.1 Å². The molecule has 0 unspecified atom stereocenters. The Morgan fingerprint density at radius 2 is 1.52 bits per heavy atom. The third kappa shape index (κ3) is 5.17. The van der Waals surface area contributed by atoms with Gasteiger partial charge >= 0.3 is 5.97 Å². The minimum absolute atomic E-state index is 0.121. The number of carbonyl (C=O) groups is 1. The van der Waals surface area contributed by atoms with Crippen molar-refractivity contribution in [3.63, 3.8) is 0 Å². The summed E-state index contributed by atoms with van der Waals surface area (Å²) in [6.45, 7) is 3.40. The van der Waals surface area contributed by atoms with E-state index in [1.807, 2.05) is 31.2 Å². The highest BCUT2D eigenvalue weighted by atomic mass is 32.2. The lowest BCUT2D eigenvalue weighted by Crippen LogP contribution is -2.35. The van der Waals surface area contributed by atoms with Crippen molar-refractivity contribution >= 4 is 16.0 Å². The number of benzene rings is 2. The summed E-state index contributed by atoms with van der Waals surface area (Å²) in [4.78, 5) is 12.3. The third-order valence-electron chi connectivity index (χ3n) is 4.75.